The molecular formula is C17H26N2O3. The van der Waals surface area contributed by atoms with E-state index in [1.807, 2.05) is 19.1 Å². The van der Waals surface area contributed by atoms with Crippen LogP contribution in [0.25, 0.3) is 0 Å². The Kier molecular flexibility index (Phi) is 5.66. The molecule has 1 heterocycles. The molecule has 2 rings (SSSR count). The van der Waals surface area contributed by atoms with Gasteiger partial charge in [0.2, 0.25) is 0 Å². The van der Waals surface area contributed by atoms with Crippen molar-refractivity contribution < 1.29 is 15.0 Å². The summed E-state index contributed by atoms with van der Waals surface area (Å²) >= 11 is 0. The maximum absolute atomic E-state index is 12.3. The number of phenolic OH excluding ortho intramolecular Hbond substituents is 1. The van der Waals surface area contributed by atoms with Crippen LogP contribution in [0.15, 0.2) is 24.3 Å². The van der Waals surface area contributed by atoms with Crippen molar-refractivity contribution in [2.75, 3.05) is 13.1 Å². The molecule has 5 nitrogen and oxygen atoms in total. The summed E-state index contributed by atoms with van der Waals surface area (Å²) in [5.41, 5.74) is 1.08. The van der Waals surface area contributed by atoms with E-state index in [0.29, 0.717) is 6.54 Å². The number of carbonyl (C=O) groups is 1. The van der Waals surface area contributed by atoms with Crippen molar-refractivity contribution in [3.63, 3.8) is 0 Å². The van der Waals surface area contributed by atoms with Gasteiger partial charge in [0.25, 0.3) is 0 Å². The second-order valence-electron chi connectivity index (χ2n) is 6.31. The minimum atomic E-state index is -0.370. The molecule has 3 unspecified atom stereocenters. The van der Waals surface area contributed by atoms with Crippen LogP contribution in [0.1, 0.15) is 32.3 Å². The van der Waals surface area contributed by atoms with Gasteiger partial charge in [-0.1, -0.05) is 12.1 Å². The Balaban J connectivity index is 1.84. The number of urea groups is 1. The number of aliphatic hydroxyl groups excluding tert-OH is 1. The van der Waals surface area contributed by atoms with Crippen molar-refractivity contribution >= 4 is 6.03 Å². The molecule has 0 aliphatic carbocycles. The molecule has 22 heavy (non-hydrogen) atoms. The highest BCUT2D eigenvalue weighted by molar-refractivity contribution is 5.74. The van der Waals surface area contributed by atoms with Crippen molar-refractivity contribution in [3.8, 4) is 5.75 Å². The molecule has 1 saturated heterocycles. The monoisotopic (exact) mass is 306 g/mol. The molecule has 0 bridgehead atoms. The molecular weight excluding hydrogens is 280 g/mol. The number of nitrogens with zero attached hydrogens (tertiary/aromatic N) is 1. The van der Waals surface area contributed by atoms with Gasteiger partial charge in [0.1, 0.15) is 5.75 Å². The zero-order valence-corrected chi connectivity index (χ0v) is 13.3. The Morgan fingerprint density at radius 2 is 2.05 bits per heavy atom. The lowest BCUT2D eigenvalue weighted by molar-refractivity contribution is 0.0734. The summed E-state index contributed by atoms with van der Waals surface area (Å²) in [5, 5.41) is 22.0. The van der Waals surface area contributed by atoms with Crippen LogP contribution in [0.3, 0.4) is 0 Å². The predicted molar refractivity (Wildman–Crippen MR) is 85.8 cm³/mol. The first-order chi connectivity index (χ1) is 10.5. The fourth-order valence-corrected chi connectivity index (χ4v) is 2.93. The largest absolute Gasteiger partial charge is 0.508 e. The highest BCUT2D eigenvalue weighted by atomic mass is 16.3. The van der Waals surface area contributed by atoms with E-state index < -0.39 is 0 Å². The molecule has 122 valence electrons. The summed E-state index contributed by atoms with van der Waals surface area (Å²) in [6, 6.07) is 6.99. The van der Waals surface area contributed by atoms with Gasteiger partial charge in [0, 0.05) is 25.0 Å². The van der Waals surface area contributed by atoms with Crippen LogP contribution >= 0.6 is 0 Å². The molecule has 3 N–H and O–H groups in total. The SMILES string of the molecule is CC(Cc1ccc(O)cc1)NC(=O)N1CCCC(C(C)O)C1. The second-order valence-corrected chi connectivity index (χ2v) is 6.31. The van der Waals surface area contributed by atoms with Crippen LogP contribution in [0.2, 0.25) is 0 Å². The number of aromatic hydroxyl groups is 1. The summed E-state index contributed by atoms with van der Waals surface area (Å²) < 4.78 is 0. The smallest absolute Gasteiger partial charge is 0.317 e. The van der Waals surface area contributed by atoms with E-state index in [4.69, 9.17) is 0 Å². The number of nitrogens with one attached hydrogen (secondary N) is 1. The summed E-state index contributed by atoms with van der Waals surface area (Å²) in [4.78, 5) is 14.1. The third-order valence-corrected chi connectivity index (χ3v) is 4.28. The van der Waals surface area contributed by atoms with Gasteiger partial charge in [-0.3, -0.25) is 0 Å². The van der Waals surface area contributed by atoms with E-state index in [1.54, 1.807) is 24.0 Å². The molecule has 1 aromatic rings. The summed E-state index contributed by atoms with van der Waals surface area (Å²) in [7, 11) is 0. The first-order valence-electron chi connectivity index (χ1n) is 7.97. The lowest BCUT2D eigenvalue weighted by Crippen LogP contribution is -2.49. The number of rotatable bonds is 4. The highest BCUT2D eigenvalue weighted by Gasteiger charge is 2.26. The quantitative estimate of drug-likeness (QED) is 0.798. The Morgan fingerprint density at radius 1 is 1.36 bits per heavy atom. The van der Waals surface area contributed by atoms with Crippen LogP contribution in [0, 0.1) is 5.92 Å². The van der Waals surface area contributed by atoms with Crippen molar-refractivity contribution in [1.29, 1.82) is 0 Å². The van der Waals surface area contributed by atoms with E-state index in [0.717, 1.165) is 31.4 Å². The van der Waals surface area contributed by atoms with Crippen molar-refractivity contribution in [2.24, 2.45) is 5.92 Å². The number of hydrogen-bond donors (Lipinski definition) is 3. The maximum Gasteiger partial charge on any atom is 0.317 e. The molecule has 1 fully saturated rings. The minimum Gasteiger partial charge on any atom is -0.508 e. The normalized spacial score (nSPS) is 21.2. The second kappa shape index (κ2) is 7.49. The minimum absolute atomic E-state index is 0.0176. The van der Waals surface area contributed by atoms with Gasteiger partial charge in [-0.2, -0.15) is 0 Å². The van der Waals surface area contributed by atoms with Gasteiger partial charge in [0.05, 0.1) is 6.10 Å². The standard InChI is InChI=1S/C17H26N2O3/c1-12(10-14-5-7-16(21)8-6-14)18-17(22)19-9-3-4-15(11-19)13(2)20/h5-8,12-13,15,20-21H,3-4,9-11H2,1-2H3,(H,18,22). The van der Waals surface area contributed by atoms with E-state index in [1.165, 1.54) is 0 Å². The third kappa shape index (κ3) is 4.63. The van der Waals surface area contributed by atoms with Crippen LogP contribution in [-0.2, 0) is 6.42 Å². The van der Waals surface area contributed by atoms with E-state index >= 15 is 0 Å². The number of amides is 2. The molecule has 1 aliphatic heterocycles. The number of likely N-dealkylation sites (tertiary alicyclic amines) is 1. The summed E-state index contributed by atoms with van der Waals surface area (Å²) in [6.45, 7) is 5.14. The van der Waals surface area contributed by atoms with Gasteiger partial charge in [-0.25, -0.2) is 4.79 Å². The number of hydrogen-bond acceptors (Lipinski definition) is 3. The average molecular weight is 306 g/mol. The van der Waals surface area contributed by atoms with Crippen molar-refractivity contribution in [3.05, 3.63) is 29.8 Å². The Labute approximate surface area is 131 Å². The summed E-state index contributed by atoms with van der Waals surface area (Å²) in [5.74, 6) is 0.421. The molecule has 3 atom stereocenters. The summed E-state index contributed by atoms with van der Waals surface area (Å²) in [6.07, 6.45) is 2.27. The van der Waals surface area contributed by atoms with E-state index in [9.17, 15) is 15.0 Å². The third-order valence-electron chi connectivity index (χ3n) is 4.28. The van der Waals surface area contributed by atoms with Crippen molar-refractivity contribution in [1.82, 2.24) is 10.2 Å². The number of carbonyl (C=O) groups excluding carboxylic acids is 1. The maximum atomic E-state index is 12.3. The van der Waals surface area contributed by atoms with Gasteiger partial charge in [-0.05, 0) is 50.8 Å². The fraction of sp³-hybridized carbons (Fsp3) is 0.588. The van der Waals surface area contributed by atoms with Crippen molar-refractivity contribution in [2.45, 2.75) is 45.3 Å². The topological polar surface area (TPSA) is 72.8 Å². The fourth-order valence-electron chi connectivity index (χ4n) is 2.93. The predicted octanol–water partition coefficient (Wildman–Crippen LogP) is 2.13. The molecule has 1 aliphatic rings. The van der Waals surface area contributed by atoms with Crippen LogP contribution in [0.5, 0.6) is 5.75 Å². The van der Waals surface area contributed by atoms with Crippen LogP contribution < -0.4 is 5.32 Å². The zero-order valence-electron chi connectivity index (χ0n) is 13.3. The van der Waals surface area contributed by atoms with Crippen LogP contribution in [-0.4, -0.2) is 46.4 Å². The highest BCUT2D eigenvalue weighted by Crippen LogP contribution is 2.20. The number of piperidine rings is 1. The molecule has 0 aromatic heterocycles. The first kappa shape index (κ1) is 16.6. The lowest BCUT2D eigenvalue weighted by Gasteiger charge is -2.34. The number of aliphatic hydroxyl groups is 1. The van der Waals surface area contributed by atoms with Gasteiger partial charge in [0.15, 0.2) is 0 Å². The van der Waals surface area contributed by atoms with Gasteiger partial charge in [-0.15, -0.1) is 0 Å². The first-order valence-corrected chi connectivity index (χ1v) is 7.97. The Bertz CT molecular complexity index is 487. The van der Waals surface area contributed by atoms with Crippen LogP contribution in [0.4, 0.5) is 4.79 Å². The molecule has 0 radical (unpaired) electrons. The Morgan fingerprint density at radius 3 is 2.68 bits per heavy atom. The molecule has 0 saturated carbocycles. The van der Waals surface area contributed by atoms with Gasteiger partial charge >= 0.3 is 6.03 Å². The zero-order chi connectivity index (χ0) is 16.1. The van der Waals surface area contributed by atoms with E-state index in [2.05, 4.69) is 5.32 Å². The molecule has 2 amide bonds. The van der Waals surface area contributed by atoms with Gasteiger partial charge < -0.3 is 20.4 Å². The van der Waals surface area contributed by atoms with E-state index in [-0.39, 0.29) is 29.8 Å². The molecule has 1 aromatic carbocycles. The molecule has 5 heteroatoms. The lowest BCUT2D eigenvalue weighted by atomic mass is 9.94. The Hall–Kier alpha value is -1.75. The molecule has 0 spiro atoms. The number of phenols is 1. The average Bonchev–Trinajstić information content (AvgIpc) is 2.49. The number of benzene rings is 1.